The first-order valence-corrected chi connectivity index (χ1v) is 20.3. The highest BCUT2D eigenvalue weighted by Gasteiger charge is 2.68. The number of fused-ring (bicyclic) bond motifs is 1. The molecule has 6 atom stereocenters. The van der Waals surface area contributed by atoms with Crippen LogP contribution in [0.5, 0.6) is 0 Å². The number of alkyl carbamates (subject to hydrolysis) is 2. The summed E-state index contributed by atoms with van der Waals surface area (Å²) in [4.78, 5) is 39.1. The zero-order valence-electron chi connectivity index (χ0n) is 33.8. The van der Waals surface area contributed by atoms with Gasteiger partial charge in [0.25, 0.3) is 0 Å². The smallest absolute Gasteiger partial charge is 0.408 e. The van der Waals surface area contributed by atoms with Crippen LogP contribution in [-0.2, 0) is 40.2 Å². The van der Waals surface area contributed by atoms with E-state index in [1.165, 1.54) is 28.6 Å². The van der Waals surface area contributed by atoms with Gasteiger partial charge >= 0.3 is 12.2 Å². The summed E-state index contributed by atoms with van der Waals surface area (Å²) in [7, 11) is -4.17. The van der Waals surface area contributed by atoms with Crippen LogP contribution in [0.2, 0.25) is 0 Å². The highest BCUT2D eigenvalue weighted by molar-refractivity contribution is 7.89. The van der Waals surface area contributed by atoms with Crippen molar-refractivity contribution in [2.75, 3.05) is 31.6 Å². The highest BCUT2D eigenvalue weighted by Crippen LogP contribution is 2.57. The van der Waals surface area contributed by atoms with Crippen molar-refractivity contribution in [2.45, 2.75) is 122 Å². The number of amides is 3. The van der Waals surface area contributed by atoms with Gasteiger partial charge in [-0.1, -0.05) is 65.0 Å². The topological polar surface area (TPSA) is 182 Å². The molecule has 55 heavy (non-hydrogen) atoms. The summed E-state index contributed by atoms with van der Waals surface area (Å²) in [6, 6.07) is 13.1. The van der Waals surface area contributed by atoms with E-state index in [1.807, 2.05) is 65.0 Å². The van der Waals surface area contributed by atoms with Crippen molar-refractivity contribution in [3.05, 3.63) is 60.2 Å². The van der Waals surface area contributed by atoms with Crippen LogP contribution < -0.4 is 16.0 Å². The van der Waals surface area contributed by atoms with E-state index in [4.69, 9.17) is 18.9 Å². The van der Waals surface area contributed by atoms with Crippen molar-refractivity contribution in [3.63, 3.8) is 0 Å². The molecule has 0 bridgehead atoms. The number of nitrogens with zero attached hydrogens (tertiary/aromatic N) is 1. The Kier molecular flexibility index (Phi) is 13.7. The lowest BCUT2D eigenvalue weighted by Gasteiger charge is -2.40. The maximum absolute atomic E-state index is 14.1. The molecule has 0 aliphatic carbocycles. The number of carbonyl (C=O) groups excluding carboxylic acids is 3. The van der Waals surface area contributed by atoms with Crippen LogP contribution in [0.1, 0.15) is 81.2 Å². The summed E-state index contributed by atoms with van der Waals surface area (Å²) in [5.74, 6) is -1.78. The number of hydrogen-bond donors (Lipinski definition) is 4. The minimum absolute atomic E-state index is 0.0538. The Balaban J connectivity index is 1.51. The number of anilines is 1. The molecule has 0 radical (unpaired) electrons. The Morgan fingerprint density at radius 3 is 2.13 bits per heavy atom. The predicted molar refractivity (Wildman–Crippen MR) is 208 cm³/mol. The van der Waals surface area contributed by atoms with Gasteiger partial charge in [0.2, 0.25) is 15.9 Å². The van der Waals surface area contributed by atoms with Gasteiger partial charge in [0.05, 0.1) is 35.7 Å². The van der Waals surface area contributed by atoms with Gasteiger partial charge in [-0.05, 0) is 89.1 Å². The second-order valence-corrected chi connectivity index (χ2v) is 18.8. The molecular weight excluding hydrogens is 729 g/mol. The second-order valence-electron chi connectivity index (χ2n) is 16.9. The second kappa shape index (κ2) is 17.2. The third kappa shape index (κ3) is 10.6. The van der Waals surface area contributed by atoms with Gasteiger partial charge in [0.1, 0.15) is 17.2 Å². The van der Waals surface area contributed by atoms with Crippen molar-refractivity contribution in [1.29, 1.82) is 0 Å². The van der Waals surface area contributed by atoms with E-state index in [-0.39, 0.29) is 42.8 Å². The molecule has 2 aliphatic heterocycles. The number of ether oxygens (including phenoxy) is 4. The Morgan fingerprint density at radius 1 is 0.909 bits per heavy atom. The molecule has 2 aliphatic rings. The van der Waals surface area contributed by atoms with Crippen LogP contribution in [-0.4, -0.2) is 97.4 Å². The summed E-state index contributed by atoms with van der Waals surface area (Å²) >= 11 is 0. The van der Waals surface area contributed by atoms with Gasteiger partial charge in [0.15, 0.2) is 5.79 Å². The van der Waals surface area contributed by atoms with E-state index in [2.05, 4.69) is 16.0 Å². The molecule has 0 aromatic heterocycles. The molecule has 2 saturated heterocycles. The number of benzene rings is 2. The average molecular weight is 789 g/mol. The van der Waals surface area contributed by atoms with Crippen LogP contribution >= 0.6 is 0 Å². The van der Waals surface area contributed by atoms with Crippen molar-refractivity contribution >= 4 is 33.8 Å². The Bertz CT molecular complexity index is 1750. The number of sulfonamides is 1. The van der Waals surface area contributed by atoms with Crippen LogP contribution in [0.15, 0.2) is 59.5 Å². The summed E-state index contributed by atoms with van der Waals surface area (Å²) < 4.78 is 52.7. The lowest BCUT2D eigenvalue weighted by Crippen LogP contribution is -2.55. The molecule has 2 fully saturated rings. The van der Waals surface area contributed by atoms with Gasteiger partial charge in [-0.2, -0.15) is 4.31 Å². The van der Waals surface area contributed by atoms with Gasteiger partial charge in [-0.25, -0.2) is 18.0 Å². The first-order valence-electron chi connectivity index (χ1n) is 18.9. The third-order valence-electron chi connectivity index (χ3n) is 10.5. The molecule has 2 aromatic rings. The monoisotopic (exact) mass is 788 g/mol. The van der Waals surface area contributed by atoms with Gasteiger partial charge in [-0.15, -0.1) is 0 Å². The molecule has 4 rings (SSSR count). The van der Waals surface area contributed by atoms with Crippen molar-refractivity contribution in [1.82, 2.24) is 14.9 Å². The average Bonchev–Trinajstić information content (AvgIpc) is 3.49. The zero-order chi connectivity index (χ0) is 41.0. The van der Waals surface area contributed by atoms with Crippen LogP contribution in [0.3, 0.4) is 0 Å². The van der Waals surface area contributed by atoms with Crippen molar-refractivity contribution in [2.24, 2.45) is 17.3 Å². The first kappa shape index (κ1) is 44.0. The van der Waals surface area contributed by atoms with E-state index < -0.39 is 68.7 Å². The van der Waals surface area contributed by atoms with Crippen molar-refractivity contribution < 1.29 is 46.9 Å². The fourth-order valence-corrected chi connectivity index (χ4v) is 8.58. The SMILES string of the molecule is CC(C)CN(C[C@@H](O)[C@H](Cc1ccccc1)NC(=O)O[C@@]1(C)CO[C@@]2(C)OCC[C@]21C)S(=O)(=O)c1ccc(NC(=O)[C@@H](NC(=O)OC(C)(C)C)C(C)C)cc1. The molecule has 2 heterocycles. The van der Waals surface area contributed by atoms with E-state index in [0.717, 1.165) is 5.56 Å². The molecule has 14 nitrogen and oxygen atoms in total. The predicted octanol–water partition coefficient (Wildman–Crippen LogP) is 5.45. The molecule has 0 saturated carbocycles. The molecule has 3 amide bonds. The molecule has 0 unspecified atom stereocenters. The largest absolute Gasteiger partial charge is 0.444 e. The van der Waals surface area contributed by atoms with Crippen LogP contribution in [0.25, 0.3) is 0 Å². The molecule has 4 N–H and O–H groups in total. The number of aliphatic hydroxyl groups excluding tert-OH is 1. The molecule has 15 heteroatoms. The van der Waals surface area contributed by atoms with Gasteiger partial charge in [-0.3, -0.25) is 4.79 Å². The van der Waals surface area contributed by atoms with Crippen LogP contribution in [0, 0.1) is 17.3 Å². The van der Waals surface area contributed by atoms with E-state index in [1.54, 1.807) is 34.6 Å². The summed E-state index contributed by atoms with van der Waals surface area (Å²) in [6.07, 6.45) is -2.00. The fraction of sp³-hybridized carbons (Fsp3) is 0.625. The van der Waals surface area contributed by atoms with E-state index in [0.29, 0.717) is 18.7 Å². The van der Waals surface area contributed by atoms with E-state index >= 15 is 0 Å². The fourth-order valence-electron chi connectivity index (χ4n) is 6.96. The minimum Gasteiger partial charge on any atom is -0.444 e. The normalized spacial score (nSPS) is 24.3. The molecule has 2 aromatic carbocycles. The Morgan fingerprint density at radius 2 is 1.55 bits per heavy atom. The quantitative estimate of drug-likeness (QED) is 0.181. The summed E-state index contributed by atoms with van der Waals surface area (Å²) in [5.41, 5.74) is -1.24. The number of nitrogens with one attached hydrogen (secondary N) is 3. The first-order chi connectivity index (χ1) is 25.5. The summed E-state index contributed by atoms with van der Waals surface area (Å²) in [5, 5.41) is 19.9. The minimum atomic E-state index is -4.17. The number of rotatable bonds is 15. The highest BCUT2D eigenvalue weighted by atomic mass is 32.2. The third-order valence-corrected chi connectivity index (χ3v) is 12.3. The number of hydrogen-bond acceptors (Lipinski definition) is 10. The van der Waals surface area contributed by atoms with Crippen molar-refractivity contribution in [3.8, 4) is 0 Å². The van der Waals surface area contributed by atoms with Crippen LogP contribution in [0.4, 0.5) is 15.3 Å². The summed E-state index contributed by atoms with van der Waals surface area (Å²) in [6.45, 7) is 18.4. The molecule has 0 spiro atoms. The Labute approximate surface area is 326 Å². The Hall–Kier alpha value is -3.76. The zero-order valence-corrected chi connectivity index (χ0v) is 34.6. The maximum atomic E-state index is 14.1. The standard InChI is InChI=1S/C40H60N4O10S/c1-26(2)23-44(55(49,50)30-18-16-29(17-19-30)41-34(46)33(27(3)4)43-36(48)53-37(5,6)7)24-32(45)31(22-28-14-12-11-13-15-28)42-35(47)54-39(9)25-52-40(10)38(39,8)20-21-51-40/h11-19,26-27,31-33,45H,20-25H2,1-10H3,(H,41,46)(H,42,47)(H,43,48)/t31-,32+,33-,38-,39-,40+/m0/s1. The lowest BCUT2D eigenvalue weighted by molar-refractivity contribution is -0.203. The molecular formula is C40H60N4O10S. The van der Waals surface area contributed by atoms with E-state index in [9.17, 15) is 27.9 Å². The maximum Gasteiger partial charge on any atom is 0.408 e. The number of carbonyl (C=O) groups is 3. The van der Waals surface area contributed by atoms with Gasteiger partial charge in [0, 0.05) is 18.8 Å². The van der Waals surface area contributed by atoms with Gasteiger partial charge < -0.3 is 40.0 Å². The molecule has 306 valence electrons. The number of aliphatic hydroxyl groups is 1. The lowest BCUT2D eigenvalue weighted by atomic mass is 9.70.